The average molecular weight is 430 g/mol. The Hall–Kier alpha value is -3.35. The zero-order chi connectivity index (χ0) is 21.8. The lowest BCUT2D eigenvalue weighted by Gasteiger charge is -2.28. The van der Waals surface area contributed by atoms with Crippen molar-refractivity contribution in [2.75, 3.05) is 33.0 Å². The fourth-order valence-electron chi connectivity index (χ4n) is 4.22. The van der Waals surface area contributed by atoms with Crippen molar-refractivity contribution < 1.29 is 14.3 Å². The highest BCUT2D eigenvalue weighted by Gasteiger charge is 2.16. The molecular formula is C26H27N3O3. The van der Waals surface area contributed by atoms with E-state index < -0.39 is 0 Å². The number of benzene rings is 3. The molecule has 0 spiro atoms. The third-order valence-corrected chi connectivity index (χ3v) is 5.95. The molecule has 0 bridgehead atoms. The number of nitrogens with zero attached hydrogens (tertiary/aromatic N) is 1. The summed E-state index contributed by atoms with van der Waals surface area (Å²) in [6.45, 7) is 5.83. The maximum absolute atomic E-state index is 12.6. The van der Waals surface area contributed by atoms with E-state index in [0.717, 1.165) is 38.3 Å². The summed E-state index contributed by atoms with van der Waals surface area (Å²) in [5.74, 6) is 1.15. The lowest BCUT2D eigenvalue weighted by Crippen LogP contribution is -2.42. The first-order chi connectivity index (χ1) is 15.8. The number of hydrogen-bond acceptors (Lipinski definition) is 5. The molecule has 164 valence electrons. The Labute approximate surface area is 188 Å². The fraction of sp³-hybridized carbons (Fsp3) is 0.269. The predicted octanol–water partition coefficient (Wildman–Crippen LogP) is 3.42. The molecule has 5 rings (SSSR count). The minimum absolute atomic E-state index is 0.132. The molecule has 3 aromatic carbocycles. The SMILES string of the molecule is O=C(NCc1cccc(-c2ccccc2CN2CCNCC2)c1)c1ccc2c(c1)OCO2. The van der Waals surface area contributed by atoms with Gasteiger partial charge in [-0.1, -0.05) is 42.5 Å². The van der Waals surface area contributed by atoms with Gasteiger partial charge in [-0.3, -0.25) is 9.69 Å². The molecule has 3 aromatic rings. The molecule has 0 atom stereocenters. The molecule has 6 heteroatoms. The molecular weight excluding hydrogens is 402 g/mol. The number of amides is 1. The second kappa shape index (κ2) is 9.42. The maximum Gasteiger partial charge on any atom is 0.251 e. The van der Waals surface area contributed by atoms with Crippen LogP contribution in [0.2, 0.25) is 0 Å². The molecule has 32 heavy (non-hydrogen) atoms. The fourth-order valence-corrected chi connectivity index (χ4v) is 4.22. The second-order valence-corrected chi connectivity index (χ2v) is 8.13. The van der Waals surface area contributed by atoms with Crippen LogP contribution < -0.4 is 20.1 Å². The monoisotopic (exact) mass is 429 g/mol. The summed E-state index contributed by atoms with van der Waals surface area (Å²) in [5.41, 5.74) is 5.37. The predicted molar refractivity (Wildman–Crippen MR) is 124 cm³/mol. The molecule has 1 amide bonds. The number of fused-ring (bicyclic) bond motifs is 1. The van der Waals surface area contributed by atoms with Crippen LogP contribution in [0.25, 0.3) is 11.1 Å². The lowest BCUT2D eigenvalue weighted by atomic mass is 9.97. The highest BCUT2D eigenvalue weighted by Crippen LogP contribution is 2.32. The third kappa shape index (κ3) is 4.61. The summed E-state index contributed by atoms with van der Waals surface area (Å²) >= 11 is 0. The highest BCUT2D eigenvalue weighted by atomic mass is 16.7. The summed E-state index contributed by atoms with van der Waals surface area (Å²) in [4.78, 5) is 15.1. The van der Waals surface area contributed by atoms with Crippen LogP contribution in [0.3, 0.4) is 0 Å². The van der Waals surface area contributed by atoms with Crippen LogP contribution >= 0.6 is 0 Å². The van der Waals surface area contributed by atoms with Crippen molar-refractivity contribution >= 4 is 5.91 Å². The molecule has 2 aliphatic heterocycles. The lowest BCUT2D eigenvalue weighted by molar-refractivity contribution is 0.0950. The van der Waals surface area contributed by atoms with Crippen LogP contribution in [0.15, 0.2) is 66.7 Å². The number of carbonyl (C=O) groups excluding carboxylic acids is 1. The number of rotatable bonds is 6. The Bertz CT molecular complexity index is 1110. The molecule has 6 nitrogen and oxygen atoms in total. The van der Waals surface area contributed by atoms with E-state index in [1.165, 1.54) is 16.7 Å². The van der Waals surface area contributed by atoms with Gasteiger partial charge in [0.2, 0.25) is 6.79 Å². The van der Waals surface area contributed by atoms with Gasteiger partial charge in [-0.05, 0) is 46.5 Å². The van der Waals surface area contributed by atoms with E-state index in [-0.39, 0.29) is 12.7 Å². The number of hydrogen-bond donors (Lipinski definition) is 2. The molecule has 2 heterocycles. The Kier molecular flexibility index (Phi) is 6.05. The number of piperazine rings is 1. The van der Waals surface area contributed by atoms with Crippen molar-refractivity contribution in [1.29, 1.82) is 0 Å². The zero-order valence-electron chi connectivity index (χ0n) is 18.0. The number of carbonyl (C=O) groups is 1. The van der Waals surface area contributed by atoms with Crippen LogP contribution in [-0.2, 0) is 13.1 Å². The zero-order valence-corrected chi connectivity index (χ0v) is 18.0. The largest absolute Gasteiger partial charge is 0.454 e. The highest BCUT2D eigenvalue weighted by molar-refractivity contribution is 5.94. The molecule has 1 fully saturated rings. The van der Waals surface area contributed by atoms with Crippen molar-refractivity contribution in [3.05, 3.63) is 83.4 Å². The van der Waals surface area contributed by atoms with E-state index in [2.05, 4.69) is 58.0 Å². The van der Waals surface area contributed by atoms with E-state index in [0.29, 0.717) is 23.6 Å². The Morgan fingerprint density at radius 1 is 0.938 bits per heavy atom. The van der Waals surface area contributed by atoms with Gasteiger partial charge in [0, 0.05) is 44.8 Å². The van der Waals surface area contributed by atoms with E-state index in [4.69, 9.17) is 9.47 Å². The van der Waals surface area contributed by atoms with Gasteiger partial charge in [0.25, 0.3) is 5.91 Å². The van der Waals surface area contributed by atoms with Crippen LogP contribution in [0.1, 0.15) is 21.5 Å². The van der Waals surface area contributed by atoms with E-state index in [9.17, 15) is 4.79 Å². The van der Waals surface area contributed by atoms with Gasteiger partial charge in [0.15, 0.2) is 11.5 Å². The first-order valence-corrected chi connectivity index (χ1v) is 11.0. The number of ether oxygens (including phenoxy) is 2. The smallest absolute Gasteiger partial charge is 0.251 e. The van der Waals surface area contributed by atoms with Gasteiger partial charge in [-0.15, -0.1) is 0 Å². The summed E-state index contributed by atoms with van der Waals surface area (Å²) in [6, 6.07) is 22.2. The maximum atomic E-state index is 12.6. The van der Waals surface area contributed by atoms with Crippen molar-refractivity contribution in [2.24, 2.45) is 0 Å². The Morgan fingerprint density at radius 2 is 1.78 bits per heavy atom. The summed E-state index contributed by atoms with van der Waals surface area (Å²) in [6.07, 6.45) is 0. The van der Waals surface area contributed by atoms with Crippen molar-refractivity contribution in [3.63, 3.8) is 0 Å². The van der Waals surface area contributed by atoms with Crippen LogP contribution in [0.4, 0.5) is 0 Å². The van der Waals surface area contributed by atoms with Gasteiger partial charge >= 0.3 is 0 Å². The quantitative estimate of drug-likeness (QED) is 0.629. The van der Waals surface area contributed by atoms with Gasteiger partial charge in [-0.2, -0.15) is 0 Å². The minimum atomic E-state index is -0.132. The molecule has 0 aromatic heterocycles. The van der Waals surface area contributed by atoms with E-state index in [1.807, 2.05) is 6.07 Å². The topological polar surface area (TPSA) is 62.8 Å². The molecule has 0 saturated carbocycles. The summed E-state index contributed by atoms with van der Waals surface area (Å²) < 4.78 is 10.7. The number of nitrogens with one attached hydrogen (secondary N) is 2. The van der Waals surface area contributed by atoms with Crippen molar-refractivity contribution in [2.45, 2.75) is 13.1 Å². The standard InChI is InChI=1S/C26H27N3O3/c30-26(21-8-9-24-25(15-21)32-18-31-24)28-16-19-4-3-6-20(14-19)23-7-2-1-5-22(23)17-29-12-10-27-11-13-29/h1-9,14-15,27H,10-13,16-18H2,(H,28,30). The van der Waals surface area contributed by atoms with Gasteiger partial charge < -0.3 is 20.1 Å². The van der Waals surface area contributed by atoms with E-state index in [1.54, 1.807) is 18.2 Å². The van der Waals surface area contributed by atoms with Gasteiger partial charge in [-0.25, -0.2) is 0 Å². The van der Waals surface area contributed by atoms with Crippen molar-refractivity contribution in [1.82, 2.24) is 15.5 Å². The van der Waals surface area contributed by atoms with Gasteiger partial charge in [0.1, 0.15) is 0 Å². The molecule has 2 aliphatic rings. The van der Waals surface area contributed by atoms with Crippen LogP contribution in [0, 0.1) is 0 Å². The van der Waals surface area contributed by atoms with Crippen molar-refractivity contribution in [3.8, 4) is 22.6 Å². The van der Waals surface area contributed by atoms with Crippen LogP contribution in [-0.4, -0.2) is 43.8 Å². The first-order valence-electron chi connectivity index (χ1n) is 11.0. The molecule has 1 saturated heterocycles. The Morgan fingerprint density at radius 3 is 2.69 bits per heavy atom. The normalized spacial score (nSPS) is 15.5. The molecule has 0 aliphatic carbocycles. The Balaban J connectivity index is 1.28. The molecule has 0 radical (unpaired) electrons. The molecule has 2 N–H and O–H groups in total. The first kappa shape index (κ1) is 20.5. The summed E-state index contributed by atoms with van der Waals surface area (Å²) in [7, 11) is 0. The summed E-state index contributed by atoms with van der Waals surface area (Å²) in [5, 5.41) is 6.43. The average Bonchev–Trinajstić information content (AvgIpc) is 3.32. The second-order valence-electron chi connectivity index (χ2n) is 8.13. The molecule has 0 unspecified atom stereocenters. The minimum Gasteiger partial charge on any atom is -0.454 e. The van der Waals surface area contributed by atoms with Gasteiger partial charge in [0.05, 0.1) is 0 Å². The van der Waals surface area contributed by atoms with Crippen LogP contribution in [0.5, 0.6) is 11.5 Å². The third-order valence-electron chi connectivity index (χ3n) is 5.95. The van der Waals surface area contributed by atoms with E-state index >= 15 is 0 Å².